The number of hydrogen-bond donors (Lipinski definition) is 1. The molecule has 0 aliphatic rings. The highest BCUT2D eigenvalue weighted by Crippen LogP contribution is 2.22. The Morgan fingerprint density at radius 1 is 1.00 bits per heavy atom. The van der Waals surface area contributed by atoms with Crippen molar-refractivity contribution < 1.29 is 13.2 Å². The van der Waals surface area contributed by atoms with Gasteiger partial charge in [0.05, 0.1) is 6.54 Å². The number of nitrogens with one attached hydrogen (secondary N) is 1. The van der Waals surface area contributed by atoms with Crippen molar-refractivity contribution >= 4 is 0 Å². The molecule has 0 saturated carbocycles. The molecule has 0 unspecified atom stereocenters. The highest BCUT2D eigenvalue weighted by atomic mass is 19.4. The Hall–Kier alpha value is -1.03. The summed E-state index contributed by atoms with van der Waals surface area (Å²) in [4.78, 5) is 0. The summed E-state index contributed by atoms with van der Waals surface area (Å²) in [6.45, 7) is 3.21. The molecule has 0 bridgehead atoms. The minimum atomic E-state index is -4.15. The van der Waals surface area contributed by atoms with Crippen LogP contribution in [0.2, 0.25) is 0 Å². The van der Waals surface area contributed by atoms with Crippen molar-refractivity contribution in [1.82, 2.24) is 5.32 Å². The smallest absolute Gasteiger partial charge is 0.308 e. The number of halogens is 3. The molecule has 0 radical (unpaired) electrons. The highest BCUT2D eigenvalue weighted by molar-refractivity contribution is 5.23. The van der Waals surface area contributed by atoms with Gasteiger partial charge in [0, 0.05) is 12.0 Å². The zero-order chi connectivity index (χ0) is 12.2. The van der Waals surface area contributed by atoms with Crippen LogP contribution < -0.4 is 5.32 Å². The van der Waals surface area contributed by atoms with Gasteiger partial charge in [0.25, 0.3) is 0 Å². The van der Waals surface area contributed by atoms with Gasteiger partial charge in [0.15, 0.2) is 0 Å². The fraction of sp³-hybridized carbons (Fsp3) is 0.500. The standard InChI is InChI=1S/C12H16F3N/c1-11(2,8-16-9-12(13,14)15)10-6-4-3-5-7-10/h3-7,16H,8-9H2,1-2H3. The van der Waals surface area contributed by atoms with Gasteiger partial charge in [0.1, 0.15) is 0 Å². The molecule has 1 aromatic rings. The lowest BCUT2D eigenvalue weighted by Gasteiger charge is -2.26. The van der Waals surface area contributed by atoms with E-state index in [1.807, 2.05) is 44.2 Å². The van der Waals surface area contributed by atoms with Gasteiger partial charge in [-0.25, -0.2) is 0 Å². The van der Waals surface area contributed by atoms with Crippen molar-refractivity contribution in [2.24, 2.45) is 0 Å². The van der Waals surface area contributed by atoms with Crippen molar-refractivity contribution in [3.8, 4) is 0 Å². The Bertz CT molecular complexity index is 317. The largest absolute Gasteiger partial charge is 0.401 e. The molecule has 16 heavy (non-hydrogen) atoms. The highest BCUT2D eigenvalue weighted by Gasteiger charge is 2.28. The van der Waals surface area contributed by atoms with Crippen molar-refractivity contribution in [3.63, 3.8) is 0 Å². The second kappa shape index (κ2) is 4.87. The Morgan fingerprint density at radius 3 is 2.06 bits per heavy atom. The molecule has 0 aliphatic heterocycles. The summed E-state index contributed by atoms with van der Waals surface area (Å²) < 4.78 is 35.9. The minimum Gasteiger partial charge on any atom is -0.308 e. The lowest BCUT2D eigenvalue weighted by molar-refractivity contribution is -0.125. The van der Waals surface area contributed by atoms with Crippen LogP contribution in [-0.4, -0.2) is 19.3 Å². The predicted molar refractivity (Wildman–Crippen MR) is 58.4 cm³/mol. The minimum absolute atomic E-state index is 0.299. The molecule has 1 aromatic carbocycles. The van der Waals surface area contributed by atoms with E-state index in [-0.39, 0.29) is 5.41 Å². The summed E-state index contributed by atoms with van der Waals surface area (Å²) in [5, 5.41) is 2.44. The van der Waals surface area contributed by atoms with Crippen LogP contribution >= 0.6 is 0 Å². The maximum Gasteiger partial charge on any atom is 0.401 e. The second-order valence-corrected chi connectivity index (χ2v) is 4.47. The summed E-state index contributed by atoms with van der Waals surface area (Å²) in [6, 6.07) is 9.52. The number of benzene rings is 1. The number of hydrogen-bond acceptors (Lipinski definition) is 1. The Labute approximate surface area is 93.7 Å². The SMILES string of the molecule is CC(C)(CNCC(F)(F)F)c1ccccc1. The van der Waals surface area contributed by atoms with Gasteiger partial charge in [-0.3, -0.25) is 0 Å². The fourth-order valence-electron chi connectivity index (χ4n) is 1.51. The quantitative estimate of drug-likeness (QED) is 0.839. The third-order valence-corrected chi connectivity index (χ3v) is 2.45. The monoisotopic (exact) mass is 231 g/mol. The maximum atomic E-state index is 12.0. The topological polar surface area (TPSA) is 12.0 Å². The third-order valence-electron chi connectivity index (χ3n) is 2.45. The first kappa shape index (κ1) is 13.0. The van der Waals surface area contributed by atoms with E-state index in [2.05, 4.69) is 5.32 Å². The van der Waals surface area contributed by atoms with E-state index < -0.39 is 12.7 Å². The average Bonchev–Trinajstić information content (AvgIpc) is 2.17. The number of rotatable bonds is 4. The summed E-state index contributed by atoms with van der Waals surface area (Å²) in [5.41, 5.74) is 0.733. The molecular formula is C12H16F3N. The summed E-state index contributed by atoms with van der Waals surface area (Å²) in [6.07, 6.45) is -4.15. The Kier molecular flexibility index (Phi) is 3.97. The van der Waals surface area contributed by atoms with Gasteiger partial charge in [-0.05, 0) is 5.56 Å². The van der Waals surface area contributed by atoms with Gasteiger partial charge >= 0.3 is 6.18 Å². The van der Waals surface area contributed by atoms with Crippen LogP contribution in [0.4, 0.5) is 13.2 Å². The normalized spacial score (nSPS) is 12.8. The van der Waals surface area contributed by atoms with E-state index in [1.165, 1.54) is 0 Å². The molecule has 0 atom stereocenters. The first-order chi connectivity index (χ1) is 7.31. The van der Waals surface area contributed by atoms with E-state index in [4.69, 9.17) is 0 Å². The molecular weight excluding hydrogens is 215 g/mol. The first-order valence-corrected chi connectivity index (χ1v) is 5.14. The van der Waals surface area contributed by atoms with E-state index in [0.717, 1.165) is 5.56 Å². The zero-order valence-electron chi connectivity index (χ0n) is 9.43. The Balaban J connectivity index is 2.53. The zero-order valence-corrected chi connectivity index (χ0v) is 9.43. The van der Waals surface area contributed by atoms with Crippen LogP contribution in [0.5, 0.6) is 0 Å². The van der Waals surface area contributed by atoms with Crippen LogP contribution in [0, 0.1) is 0 Å². The summed E-state index contributed by atoms with van der Waals surface area (Å²) in [7, 11) is 0. The average molecular weight is 231 g/mol. The van der Waals surface area contributed by atoms with Crippen molar-refractivity contribution in [2.45, 2.75) is 25.4 Å². The van der Waals surface area contributed by atoms with E-state index in [1.54, 1.807) is 0 Å². The molecule has 1 N–H and O–H groups in total. The van der Waals surface area contributed by atoms with Crippen molar-refractivity contribution in [1.29, 1.82) is 0 Å². The lowest BCUT2D eigenvalue weighted by Crippen LogP contribution is -2.38. The van der Waals surface area contributed by atoms with Gasteiger partial charge in [-0.15, -0.1) is 0 Å². The maximum absolute atomic E-state index is 12.0. The van der Waals surface area contributed by atoms with Crippen molar-refractivity contribution in [3.05, 3.63) is 35.9 Å². The predicted octanol–water partition coefficient (Wildman–Crippen LogP) is 3.12. The van der Waals surface area contributed by atoms with Crippen LogP contribution in [0.1, 0.15) is 19.4 Å². The molecule has 0 heterocycles. The van der Waals surface area contributed by atoms with Gasteiger partial charge in [-0.2, -0.15) is 13.2 Å². The van der Waals surface area contributed by atoms with Crippen LogP contribution in [-0.2, 0) is 5.41 Å². The molecule has 0 amide bonds. The van der Waals surface area contributed by atoms with Gasteiger partial charge < -0.3 is 5.32 Å². The van der Waals surface area contributed by atoms with E-state index in [9.17, 15) is 13.2 Å². The van der Waals surface area contributed by atoms with Crippen molar-refractivity contribution in [2.75, 3.05) is 13.1 Å². The molecule has 1 nitrogen and oxygen atoms in total. The summed E-state index contributed by atoms with van der Waals surface area (Å²) >= 11 is 0. The van der Waals surface area contributed by atoms with Gasteiger partial charge in [0.2, 0.25) is 0 Å². The Morgan fingerprint density at radius 2 is 1.56 bits per heavy atom. The van der Waals surface area contributed by atoms with Crippen LogP contribution in [0.3, 0.4) is 0 Å². The third kappa shape index (κ3) is 4.23. The molecule has 1 rings (SSSR count). The number of alkyl halides is 3. The molecule has 0 saturated heterocycles. The first-order valence-electron chi connectivity index (χ1n) is 5.14. The molecule has 4 heteroatoms. The molecule has 0 aliphatic carbocycles. The molecule has 0 spiro atoms. The van der Waals surface area contributed by atoms with E-state index in [0.29, 0.717) is 6.54 Å². The fourth-order valence-corrected chi connectivity index (χ4v) is 1.51. The summed E-state index contributed by atoms with van der Waals surface area (Å²) in [5.74, 6) is 0. The lowest BCUT2D eigenvalue weighted by atomic mass is 9.85. The van der Waals surface area contributed by atoms with E-state index >= 15 is 0 Å². The second-order valence-electron chi connectivity index (χ2n) is 4.47. The van der Waals surface area contributed by atoms with Crippen LogP contribution in [0.15, 0.2) is 30.3 Å². The molecule has 90 valence electrons. The molecule has 0 fully saturated rings. The van der Waals surface area contributed by atoms with Gasteiger partial charge in [-0.1, -0.05) is 44.2 Å². The molecule has 0 aromatic heterocycles. The van der Waals surface area contributed by atoms with Crippen LogP contribution in [0.25, 0.3) is 0 Å².